The Kier molecular flexibility index (Phi) is 3.54. The van der Waals surface area contributed by atoms with Crippen LogP contribution in [0, 0.1) is 0 Å². The van der Waals surface area contributed by atoms with Gasteiger partial charge in [0.05, 0.1) is 12.1 Å². The lowest BCUT2D eigenvalue weighted by Gasteiger charge is -2.21. The quantitative estimate of drug-likeness (QED) is 0.850. The molecule has 16 heavy (non-hydrogen) atoms. The van der Waals surface area contributed by atoms with Crippen LogP contribution >= 0.6 is 0 Å². The lowest BCUT2D eigenvalue weighted by molar-refractivity contribution is -0.136. The van der Waals surface area contributed by atoms with Gasteiger partial charge in [-0.25, -0.2) is 0 Å². The number of hydrogen-bond donors (Lipinski definition) is 1. The second-order valence-corrected chi connectivity index (χ2v) is 4.49. The summed E-state index contributed by atoms with van der Waals surface area (Å²) in [7, 11) is 0. The third-order valence-corrected chi connectivity index (χ3v) is 3.26. The summed E-state index contributed by atoms with van der Waals surface area (Å²) in [4.78, 5) is 14.7. The monoisotopic (exact) mass is 219 g/mol. The van der Waals surface area contributed by atoms with Gasteiger partial charge in [0.25, 0.3) is 0 Å². The predicted molar refractivity (Wildman–Crippen MR) is 61.4 cm³/mol. The van der Waals surface area contributed by atoms with Gasteiger partial charge >= 0.3 is 5.97 Å². The maximum Gasteiger partial charge on any atom is 0.309 e. The lowest BCUT2D eigenvalue weighted by atomic mass is 9.85. The lowest BCUT2D eigenvalue weighted by Crippen LogP contribution is -2.06. The van der Waals surface area contributed by atoms with Crippen LogP contribution in [0.25, 0.3) is 0 Å². The van der Waals surface area contributed by atoms with Crippen molar-refractivity contribution in [1.82, 2.24) is 4.98 Å². The molecule has 1 fully saturated rings. The molecule has 0 bridgehead atoms. The van der Waals surface area contributed by atoms with E-state index in [1.807, 2.05) is 18.3 Å². The van der Waals surface area contributed by atoms with E-state index in [1.54, 1.807) is 0 Å². The van der Waals surface area contributed by atoms with E-state index in [9.17, 15) is 4.79 Å². The van der Waals surface area contributed by atoms with E-state index >= 15 is 0 Å². The van der Waals surface area contributed by atoms with Crippen LogP contribution in [0.5, 0.6) is 0 Å². The van der Waals surface area contributed by atoms with Crippen molar-refractivity contribution in [2.75, 3.05) is 0 Å². The van der Waals surface area contributed by atoms with Gasteiger partial charge in [0.15, 0.2) is 0 Å². The average molecular weight is 219 g/mol. The Morgan fingerprint density at radius 3 is 2.62 bits per heavy atom. The van der Waals surface area contributed by atoms with Crippen molar-refractivity contribution >= 4 is 5.97 Å². The molecule has 1 aliphatic carbocycles. The fraction of sp³-hybridized carbons (Fsp3) is 0.538. The molecule has 86 valence electrons. The zero-order chi connectivity index (χ0) is 11.4. The third-order valence-electron chi connectivity index (χ3n) is 3.26. The zero-order valence-electron chi connectivity index (χ0n) is 9.35. The molecule has 0 unspecified atom stereocenters. The van der Waals surface area contributed by atoms with Crippen molar-refractivity contribution in [3.8, 4) is 0 Å². The molecule has 2 rings (SSSR count). The largest absolute Gasteiger partial charge is 0.481 e. The van der Waals surface area contributed by atoms with Crippen molar-refractivity contribution in [3.05, 3.63) is 29.6 Å². The van der Waals surface area contributed by atoms with Gasteiger partial charge in [-0.15, -0.1) is 0 Å². The number of aliphatic carboxylic acids is 1. The molecule has 1 aromatic rings. The Balaban J connectivity index is 2.03. The molecule has 3 heteroatoms. The fourth-order valence-electron chi connectivity index (χ4n) is 2.37. The van der Waals surface area contributed by atoms with E-state index in [4.69, 9.17) is 5.11 Å². The first-order chi connectivity index (χ1) is 7.75. The van der Waals surface area contributed by atoms with Crippen molar-refractivity contribution in [1.29, 1.82) is 0 Å². The predicted octanol–water partition coefficient (Wildman–Crippen LogP) is 2.76. The van der Waals surface area contributed by atoms with Gasteiger partial charge < -0.3 is 5.11 Å². The molecule has 1 aromatic heterocycles. The van der Waals surface area contributed by atoms with E-state index < -0.39 is 5.97 Å². The van der Waals surface area contributed by atoms with Crippen LogP contribution in [-0.4, -0.2) is 16.1 Å². The molecule has 0 aromatic carbocycles. The average Bonchev–Trinajstić information content (AvgIpc) is 2.30. The third kappa shape index (κ3) is 2.81. The van der Waals surface area contributed by atoms with Crippen LogP contribution in [0.1, 0.15) is 49.3 Å². The smallest absolute Gasteiger partial charge is 0.309 e. The summed E-state index contributed by atoms with van der Waals surface area (Å²) in [6, 6.07) is 3.89. The Morgan fingerprint density at radius 2 is 2.06 bits per heavy atom. The molecule has 3 nitrogen and oxygen atoms in total. The van der Waals surface area contributed by atoms with Crippen LogP contribution < -0.4 is 0 Å². The van der Waals surface area contributed by atoms with Crippen molar-refractivity contribution in [3.63, 3.8) is 0 Å². The molecule has 1 N–H and O–H groups in total. The maximum atomic E-state index is 10.5. The summed E-state index contributed by atoms with van der Waals surface area (Å²) in [6.07, 6.45) is 8.34. The molecule has 0 saturated heterocycles. The van der Waals surface area contributed by atoms with Crippen LogP contribution in [-0.2, 0) is 11.2 Å². The number of pyridine rings is 1. The first-order valence-corrected chi connectivity index (χ1v) is 5.92. The van der Waals surface area contributed by atoms with Crippen LogP contribution in [0.15, 0.2) is 18.3 Å². The molecule has 0 aliphatic heterocycles. The van der Waals surface area contributed by atoms with Crippen molar-refractivity contribution < 1.29 is 9.90 Å². The zero-order valence-corrected chi connectivity index (χ0v) is 9.35. The van der Waals surface area contributed by atoms with Gasteiger partial charge in [-0.2, -0.15) is 0 Å². The van der Waals surface area contributed by atoms with E-state index in [0.29, 0.717) is 11.6 Å². The van der Waals surface area contributed by atoms with Gasteiger partial charge in [-0.3, -0.25) is 9.78 Å². The Morgan fingerprint density at radius 1 is 1.31 bits per heavy atom. The normalized spacial score (nSPS) is 17.2. The van der Waals surface area contributed by atoms with Crippen molar-refractivity contribution in [2.24, 2.45) is 0 Å². The van der Waals surface area contributed by atoms with Gasteiger partial charge in [-0.1, -0.05) is 25.3 Å². The number of carboxylic acids is 1. The summed E-state index contributed by atoms with van der Waals surface area (Å²) < 4.78 is 0. The molecule has 0 spiro atoms. The molecular formula is C13H17NO2. The number of rotatable bonds is 3. The van der Waals surface area contributed by atoms with E-state index in [0.717, 1.165) is 0 Å². The highest BCUT2D eigenvalue weighted by molar-refractivity contribution is 5.69. The highest BCUT2D eigenvalue weighted by Gasteiger charge is 2.15. The standard InChI is InChI=1S/C13H17NO2/c15-13(16)8-12-7-6-11(9-14-12)10-4-2-1-3-5-10/h6-7,9-10H,1-5,8H2,(H,15,16). The molecule has 0 amide bonds. The second-order valence-electron chi connectivity index (χ2n) is 4.49. The van der Waals surface area contributed by atoms with E-state index in [-0.39, 0.29) is 6.42 Å². The summed E-state index contributed by atoms with van der Waals surface area (Å²) >= 11 is 0. The number of hydrogen-bond acceptors (Lipinski definition) is 2. The molecule has 1 aliphatic rings. The minimum Gasteiger partial charge on any atom is -0.481 e. The Labute approximate surface area is 95.5 Å². The molecular weight excluding hydrogens is 202 g/mol. The Hall–Kier alpha value is -1.38. The minimum atomic E-state index is -0.821. The van der Waals surface area contributed by atoms with Gasteiger partial charge in [0, 0.05) is 6.20 Å². The second kappa shape index (κ2) is 5.10. The highest BCUT2D eigenvalue weighted by Crippen LogP contribution is 2.32. The first-order valence-electron chi connectivity index (χ1n) is 5.92. The summed E-state index contributed by atoms with van der Waals surface area (Å²) in [5.74, 6) is -0.182. The van der Waals surface area contributed by atoms with E-state index in [2.05, 4.69) is 4.98 Å². The number of aromatic nitrogens is 1. The number of carboxylic acid groups (broad SMARTS) is 1. The molecule has 1 saturated carbocycles. The summed E-state index contributed by atoms with van der Waals surface area (Å²) in [6.45, 7) is 0. The van der Waals surface area contributed by atoms with Gasteiger partial charge in [0.2, 0.25) is 0 Å². The van der Waals surface area contributed by atoms with Crippen molar-refractivity contribution in [2.45, 2.75) is 44.4 Å². The molecule has 0 atom stereocenters. The highest BCUT2D eigenvalue weighted by atomic mass is 16.4. The Bertz CT molecular complexity index is 353. The van der Waals surface area contributed by atoms with E-state index in [1.165, 1.54) is 37.7 Å². The first kappa shape index (κ1) is 11.1. The van der Waals surface area contributed by atoms with Gasteiger partial charge in [0.1, 0.15) is 0 Å². The SMILES string of the molecule is O=C(O)Cc1ccc(C2CCCCC2)cn1. The molecule has 0 radical (unpaired) electrons. The summed E-state index contributed by atoms with van der Waals surface area (Å²) in [5.41, 5.74) is 1.92. The van der Waals surface area contributed by atoms with Crippen LogP contribution in [0.3, 0.4) is 0 Å². The maximum absolute atomic E-state index is 10.5. The summed E-state index contributed by atoms with van der Waals surface area (Å²) in [5, 5.41) is 8.64. The number of carbonyl (C=O) groups is 1. The molecule has 1 heterocycles. The number of nitrogens with zero attached hydrogens (tertiary/aromatic N) is 1. The fourth-order valence-corrected chi connectivity index (χ4v) is 2.37. The van der Waals surface area contributed by atoms with Crippen LogP contribution in [0.4, 0.5) is 0 Å². The minimum absolute atomic E-state index is 0.0188. The van der Waals surface area contributed by atoms with Gasteiger partial charge in [-0.05, 0) is 30.4 Å². The topological polar surface area (TPSA) is 50.2 Å². The van der Waals surface area contributed by atoms with Crippen LogP contribution in [0.2, 0.25) is 0 Å².